The Labute approximate surface area is 87.8 Å². The number of aliphatic hydroxyl groups is 2. The number of hydrogen-bond acceptors (Lipinski definition) is 4. The molecule has 0 radical (unpaired) electrons. The van der Waals surface area contributed by atoms with Crippen LogP contribution in [0.15, 0.2) is 18.5 Å². The molecule has 0 bridgehead atoms. The molecule has 3 N–H and O–H groups in total. The molecule has 0 aliphatic carbocycles. The summed E-state index contributed by atoms with van der Waals surface area (Å²) in [5.74, 6) is -0.385. The first-order valence-corrected chi connectivity index (χ1v) is 4.76. The lowest BCUT2D eigenvalue weighted by Crippen LogP contribution is -2.31. The zero-order chi connectivity index (χ0) is 11.3. The molecule has 0 aromatic carbocycles. The Balaban J connectivity index is 2.50. The van der Waals surface area contributed by atoms with Gasteiger partial charge in [-0.05, 0) is 18.6 Å². The van der Waals surface area contributed by atoms with Crippen molar-refractivity contribution in [3.05, 3.63) is 29.8 Å². The number of nitrogens with one attached hydrogen (secondary N) is 1. The maximum atomic E-state index is 12.8. The molecule has 1 rings (SSSR count). The van der Waals surface area contributed by atoms with Gasteiger partial charge in [-0.3, -0.25) is 4.98 Å². The zero-order valence-electron chi connectivity index (χ0n) is 8.52. The highest BCUT2D eigenvalue weighted by Gasteiger charge is 2.08. The SMILES string of the molecule is CC(NCC(O)CO)c1cncc(F)c1. The Kier molecular flexibility index (Phi) is 4.61. The van der Waals surface area contributed by atoms with Gasteiger partial charge in [0.2, 0.25) is 0 Å². The van der Waals surface area contributed by atoms with E-state index < -0.39 is 6.10 Å². The van der Waals surface area contributed by atoms with Crippen LogP contribution in [0, 0.1) is 5.82 Å². The molecule has 4 nitrogen and oxygen atoms in total. The van der Waals surface area contributed by atoms with Gasteiger partial charge >= 0.3 is 0 Å². The molecule has 2 atom stereocenters. The third-order valence-corrected chi connectivity index (χ3v) is 2.10. The molecule has 0 aliphatic rings. The summed E-state index contributed by atoms with van der Waals surface area (Å²) in [5, 5.41) is 20.7. The fourth-order valence-corrected chi connectivity index (χ4v) is 1.16. The number of pyridine rings is 1. The minimum atomic E-state index is -0.797. The Bertz CT molecular complexity index is 309. The van der Waals surface area contributed by atoms with Gasteiger partial charge in [-0.1, -0.05) is 0 Å². The third-order valence-electron chi connectivity index (χ3n) is 2.10. The Morgan fingerprint density at radius 3 is 2.87 bits per heavy atom. The molecular weight excluding hydrogens is 199 g/mol. The van der Waals surface area contributed by atoms with E-state index in [1.54, 1.807) is 6.20 Å². The van der Waals surface area contributed by atoms with Crippen molar-refractivity contribution < 1.29 is 14.6 Å². The van der Waals surface area contributed by atoms with Crippen molar-refractivity contribution in [3.8, 4) is 0 Å². The van der Waals surface area contributed by atoms with Crippen molar-refractivity contribution in [2.45, 2.75) is 19.1 Å². The maximum Gasteiger partial charge on any atom is 0.141 e. The topological polar surface area (TPSA) is 65.4 Å². The van der Waals surface area contributed by atoms with Crippen LogP contribution in [-0.2, 0) is 0 Å². The molecule has 84 valence electrons. The fraction of sp³-hybridized carbons (Fsp3) is 0.500. The van der Waals surface area contributed by atoms with Crippen LogP contribution < -0.4 is 5.32 Å². The van der Waals surface area contributed by atoms with Crippen LogP contribution in [0.25, 0.3) is 0 Å². The molecule has 0 spiro atoms. The van der Waals surface area contributed by atoms with E-state index in [1.165, 1.54) is 6.07 Å². The van der Waals surface area contributed by atoms with Crippen LogP contribution in [0.5, 0.6) is 0 Å². The van der Waals surface area contributed by atoms with Gasteiger partial charge in [-0.15, -0.1) is 0 Å². The number of hydrogen-bond donors (Lipinski definition) is 3. The summed E-state index contributed by atoms with van der Waals surface area (Å²) in [6, 6.07) is 1.27. The second kappa shape index (κ2) is 5.75. The van der Waals surface area contributed by atoms with Gasteiger partial charge in [-0.2, -0.15) is 0 Å². The monoisotopic (exact) mass is 214 g/mol. The number of nitrogens with zero attached hydrogens (tertiary/aromatic N) is 1. The van der Waals surface area contributed by atoms with E-state index >= 15 is 0 Å². The third kappa shape index (κ3) is 3.91. The fourth-order valence-electron chi connectivity index (χ4n) is 1.16. The van der Waals surface area contributed by atoms with Crippen molar-refractivity contribution in [1.29, 1.82) is 0 Å². The molecule has 1 heterocycles. The summed E-state index contributed by atoms with van der Waals surface area (Å²) in [6.07, 6.45) is 1.90. The van der Waals surface area contributed by atoms with Gasteiger partial charge < -0.3 is 15.5 Å². The lowest BCUT2D eigenvalue weighted by Gasteiger charge is -2.15. The van der Waals surface area contributed by atoms with Crippen LogP contribution in [0.2, 0.25) is 0 Å². The lowest BCUT2D eigenvalue weighted by molar-refractivity contribution is 0.0923. The second-order valence-corrected chi connectivity index (χ2v) is 3.40. The molecule has 0 fully saturated rings. The molecule has 0 saturated heterocycles. The quantitative estimate of drug-likeness (QED) is 0.656. The summed E-state index contributed by atoms with van der Waals surface area (Å²) >= 11 is 0. The second-order valence-electron chi connectivity index (χ2n) is 3.40. The largest absolute Gasteiger partial charge is 0.394 e. The first-order valence-electron chi connectivity index (χ1n) is 4.76. The summed E-state index contributed by atoms with van der Waals surface area (Å²) in [5.41, 5.74) is 0.708. The Hall–Kier alpha value is -1.04. The van der Waals surface area contributed by atoms with Gasteiger partial charge in [0.05, 0.1) is 18.9 Å². The molecule has 15 heavy (non-hydrogen) atoms. The number of halogens is 1. The number of aliphatic hydroxyl groups excluding tert-OH is 2. The molecule has 1 aromatic rings. The Morgan fingerprint density at radius 1 is 1.53 bits per heavy atom. The Morgan fingerprint density at radius 2 is 2.27 bits per heavy atom. The van der Waals surface area contributed by atoms with Crippen LogP contribution in [0.1, 0.15) is 18.5 Å². The molecular formula is C10H15FN2O2. The summed E-state index contributed by atoms with van der Waals surface area (Å²) < 4.78 is 12.8. The predicted molar refractivity (Wildman–Crippen MR) is 53.7 cm³/mol. The summed E-state index contributed by atoms with van der Waals surface area (Å²) in [4.78, 5) is 3.73. The first-order chi connectivity index (χ1) is 7.13. The van der Waals surface area contributed by atoms with Gasteiger partial charge in [0.25, 0.3) is 0 Å². The van der Waals surface area contributed by atoms with E-state index in [1.807, 2.05) is 6.92 Å². The number of rotatable bonds is 5. The van der Waals surface area contributed by atoms with Crippen molar-refractivity contribution in [3.63, 3.8) is 0 Å². The van der Waals surface area contributed by atoms with Crippen molar-refractivity contribution in [2.24, 2.45) is 0 Å². The van der Waals surface area contributed by atoms with Gasteiger partial charge in [0, 0.05) is 18.8 Å². The highest BCUT2D eigenvalue weighted by molar-refractivity contribution is 5.14. The normalized spacial score (nSPS) is 14.9. The molecule has 0 amide bonds. The predicted octanol–water partition coefficient (Wildman–Crippen LogP) is 0.224. The average molecular weight is 214 g/mol. The van der Waals surface area contributed by atoms with Gasteiger partial charge in [0.15, 0.2) is 0 Å². The standard InChI is InChI=1S/C10H15FN2O2/c1-7(13-5-10(15)6-14)8-2-9(11)4-12-3-8/h2-4,7,10,13-15H,5-6H2,1H3. The van der Waals surface area contributed by atoms with E-state index in [4.69, 9.17) is 10.2 Å². The summed E-state index contributed by atoms with van der Waals surface area (Å²) in [6.45, 7) is 1.80. The first kappa shape index (κ1) is 12.0. The van der Waals surface area contributed by atoms with E-state index in [2.05, 4.69) is 10.3 Å². The van der Waals surface area contributed by atoms with Crippen LogP contribution in [-0.4, -0.2) is 34.5 Å². The maximum absolute atomic E-state index is 12.8. The van der Waals surface area contributed by atoms with Crippen LogP contribution in [0.4, 0.5) is 4.39 Å². The molecule has 2 unspecified atom stereocenters. The smallest absolute Gasteiger partial charge is 0.141 e. The van der Waals surface area contributed by atoms with Crippen LogP contribution >= 0.6 is 0 Å². The molecule has 1 aromatic heterocycles. The van der Waals surface area contributed by atoms with E-state index in [0.717, 1.165) is 6.20 Å². The van der Waals surface area contributed by atoms with E-state index in [9.17, 15) is 4.39 Å². The molecule has 0 saturated carbocycles. The van der Waals surface area contributed by atoms with Gasteiger partial charge in [-0.25, -0.2) is 4.39 Å². The molecule has 5 heteroatoms. The van der Waals surface area contributed by atoms with Crippen molar-refractivity contribution in [2.75, 3.05) is 13.2 Å². The van der Waals surface area contributed by atoms with Crippen LogP contribution in [0.3, 0.4) is 0 Å². The van der Waals surface area contributed by atoms with Crippen molar-refractivity contribution >= 4 is 0 Å². The highest BCUT2D eigenvalue weighted by Crippen LogP contribution is 2.11. The lowest BCUT2D eigenvalue weighted by atomic mass is 10.1. The minimum absolute atomic E-state index is 0.116. The average Bonchev–Trinajstić information content (AvgIpc) is 2.25. The summed E-state index contributed by atoms with van der Waals surface area (Å²) in [7, 11) is 0. The zero-order valence-corrected chi connectivity index (χ0v) is 8.52. The number of aromatic nitrogens is 1. The van der Waals surface area contributed by atoms with Crippen molar-refractivity contribution in [1.82, 2.24) is 10.3 Å². The van der Waals surface area contributed by atoms with Gasteiger partial charge in [0.1, 0.15) is 5.82 Å². The van der Waals surface area contributed by atoms with E-state index in [0.29, 0.717) is 5.56 Å². The molecule has 0 aliphatic heterocycles. The minimum Gasteiger partial charge on any atom is -0.394 e. The van der Waals surface area contributed by atoms with E-state index in [-0.39, 0.29) is 25.0 Å². The highest BCUT2D eigenvalue weighted by atomic mass is 19.1.